The van der Waals surface area contributed by atoms with Crippen molar-refractivity contribution in [2.45, 2.75) is 6.54 Å². The van der Waals surface area contributed by atoms with Gasteiger partial charge in [-0.1, -0.05) is 23.7 Å². The second-order valence-electron chi connectivity index (χ2n) is 6.68. The van der Waals surface area contributed by atoms with E-state index in [1.54, 1.807) is 59.6 Å². The Hall–Kier alpha value is -3.64. The van der Waals surface area contributed by atoms with Gasteiger partial charge in [0.15, 0.2) is 0 Å². The predicted molar refractivity (Wildman–Crippen MR) is 118 cm³/mol. The second-order valence-corrected chi connectivity index (χ2v) is 7.09. The summed E-state index contributed by atoms with van der Waals surface area (Å²) in [5, 5.41) is 4.40. The maximum atomic E-state index is 13.0. The van der Waals surface area contributed by atoms with Crippen molar-refractivity contribution < 1.29 is 9.53 Å². The molecule has 0 saturated carbocycles. The van der Waals surface area contributed by atoms with Crippen LogP contribution in [0.2, 0.25) is 5.02 Å². The van der Waals surface area contributed by atoms with Crippen molar-refractivity contribution in [2.24, 2.45) is 0 Å². The normalized spacial score (nSPS) is 10.7. The number of carbonyl (C=O) groups excluding carboxylic acids is 1. The molecule has 30 heavy (non-hydrogen) atoms. The third-order valence-electron chi connectivity index (χ3n) is 4.76. The molecule has 0 spiro atoms. The number of nitrogens with one attached hydrogen (secondary N) is 1. The van der Waals surface area contributed by atoms with Crippen molar-refractivity contribution >= 4 is 34.0 Å². The molecule has 0 aliphatic heterocycles. The molecule has 1 amide bonds. The van der Waals surface area contributed by atoms with Crippen molar-refractivity contribution in [1.29, 1.82) is 0 Å². The number of fused-ring (bicyclic) bond motifs is 1. The van der Waals surface area contributed by atoms with E-state index in [2.05, 4.69) is 10.3 Å². The number of ether oxygens (including phenoxy) is 1. The third kappa shape index (κ3) is 3.90. The van der Waals surface area contributed by atoms with Crippen molar-refractivity contribution in [3.8, 4) is 5.75 Å². The molecule has 150 valence electrons. The van der Waals surface area contributed by atoms with Crippen LogP contribution in [-0.2, 0) is 6.54 Å². The Morgan fingerprint density at radius 2 is 2.00 bits per heavy atom. The smallest absolute Gasteiger partial charge is 0.258 e. The number of hydrogen-bond acceptors (Lipinski definition) is 4. The van der Waals surface area contributed by atoms with E-state index in [-0.39, 0.29) is 11.5 Å². The average Bonchev–Trinajstić information content (AvgIpc) is 2.76. The monoisotopic (exact) mass is 419 g/mol. The molecular weight excluding hydrogens is 402 g/mol. The first kappa shape index (κ1) is 19.7. The van der Waals surface area contributed by atoms with Gasteiger partial charge < -0.3 is 14.6 Å². The molecular formula is C23H18ClN3O3. The predicted octanol–water partition coefficient (Wildman–Crippen LogP) is 4.36. The van der Waals surface area contributed by atoms with Crippen LogP contribution >= 0.6 is 11.6 Å². The zero-order valence-electron chi connectivity index (χ0n) is 16.1. The Labute approximate surface area is 177 Å². The maximum Gasteiger partial charge on any atom is 0.258 e. The van der Waals surface area contributed by atoms with E-state index in [1.807, 2.05) is 18.2 Å². The third-order valence-corrected chi connectivity index (χ3v) is 5.05. The first-order chi connectivity index (χ1) is 14.6. The van der Waals surface area contributed by atoms with Crippen LogP contribution in [0.15, 0.2) is 78.0 Å². The van der Waals surface area contributed by atoms with Gasteiger partial charge in [-0.05, 0) is 48.0 Å². The molecule has 0 fully saturated rings. The lowest BCUT2D eigenvalue weighted by atomic mass is 10.1. The minimum Gasteiger partial charge on any atom is -0.495 e. The van der Waals surface area contributed by atoms with E-state index in [9.17, 15) is 9.59 Å². The lowest BCUT2D eigenvalue weighted by Gasteiger charge is -2.12. The fourth-order valence-corrected chi connectivity index (χ4v) is 3.50. The van der Waals surface area contributed by atoms with Crippen LogP contribution in [0.3, 0.4) is 0 Å². The molecule has 2 aromatic heterocycles. The summed E-state index contributed by atoms with van der Waals surface area (Å²) in [6, 6.07) is 15.6. The highest BCUT2D eigenvalue weighted by Gasteiger charge is 2.13. The Morgan fingerprint density at radius 3 is 2.73 bits per heavy atom. The standard InChI is InChI=1S/C23H18ClN3O3/c1-30-21-8-7-16(12-19(21)24)22(28)26-20-6-2-5-18-17(20)9-11-27(23(18)29)14-15-4-3-10-25-13-15/h2-13H,14H2,1H3,(H,26,28). The summed E-state index contributed by atoms with van der Waals surface area (Å²) < 4.78 is 6.74. The molecule has 0 atom stereocenters. The number of aromatic nitrogens is 2. The summed E-state index contributed by atoms with van der Waals surface area (Å²) in [4.78, 5) is 29.7. The van der Waals surface area contributed by atoms with E-state index in [4.69, 9.17) is 16.3 Å². The minimum absolute atomic E-state index is 0.139. The van der Waals surface area contributed by atoms with Gasteiger partial charge in [0, 0.05) is 40.6 Å². The van der Waals surface area contributed by atoms with E-state index in [1.165, 1.54) is 7.11 Å². The number of anilines is 1. The molecule has 4 aromatic rings. The quantitative estimate of drug-likeness (QED) is 0.521. The first-order valence-corrected chi connectivity index (χ1v) is 9.60. The number of pyridine rings is 2. The van der Waals surface area contributed by atoms with Gasteiger partial charge in [0.2, 0.25) is 0 Å². The van der Waals surface area contributed by atoms with Gasteiger partial charge in [-0.2, -0.15) is 0 Å². The highest BCUT2D eigenvalue weighted by molar-refractivity contribution is 6.32. The van der Waals surface area contributed by atoms with Gasteiger partial charge >= 0.3 is 0 Å². The number of rotatable bonds is 5. The molecule has 2 aromatic carbocycles. The highest BCUT2D eigenvalue weighted by Crippen LogP contribution is 2.26. The maximum absolute atomic E-state index is 13.0. The molecule has 0 aliphatic carbocycles. The zero-order chi connectivity index (χ0) is 21.1. The summed E-state index contributed by atoms with van der Waals surface area (Å²) in [5.41, 5.74) is 1.73. The Balaban J connectivity index is 1.65. The number of amides is 1. The van der Waals surface area contributed by atoms with Crippen molar-refractivity contribution in [3.05, 3.63) is 99.7 Å². The molecule has 7 heteroatoms. The van der Waals surface area contributed by atoms with E-state index < -0.39 is 0 Å². The van der Waals surface area contributed by atoms with Gasteiger partial charge in [0.1, 0.15) is 5.75 Å². The molecule has 4 rings (SSSR count). The van der Waals surface area contributed by atoms with Gasteiger partial charge in [-0.3, -0.25) is 14.6 Å². The zero-order valence-corrected chi connectivity index (χ0v) is 16.9. The summed E-state index contributed by atoms with van der Waals surface area (Å²) in [7, 11) is 1.51. The van der Waals surface area contributed by atoms with E-state index in [0.717, 1.165) is 5.56 Å². The summed E-state index contributed by atoms with van der Waals surface area (Å²) in [6.07, 6.45) is 5.14. The molecule has 6 nitrogen and oxygen atoms in total. The van der Waals surface area contributed by atoms with Crippen LogP contribution < -0.4 is 15.6 Å². The second kappa shape index (κ2) is 8.39. The molecule has 0 bridgehead atoms. The largest absolute Gasteiger partial charge is 0.495 e. The van der Waals surface area contributed by atoms with Crippen LogP contribution in [0.25, 0.3) is 10.8 Å². The lowest BCUT2D eigenvalue weighted by molar-refractivity contribution is 0.102. The fraction of sp³-hybridized carbons (Fsp3) is 0.0870. The van der Waals surface area contributed by atoms with Crippen LogP contribution in [0.1, 0.15) is 15.9 Å². The van der Waals surface area contributed by atoms with E-state index in [0.29, 0.717) is 39.3 Å². The molecule has 0 unspecified atom stereocenters. The van der Waals surface area contributed by atoms with Gasteiger partial charge in [-0.15, -0.1) is 0 Å². The first-order valence-electron chi connectivity index (χ1n) is 9.23. The number of carbonyl (C=O) groups is 1. The number of methoxy groups -OCH3 is 1. The Kier molecular flexibility index (Phi) is 5.50. The SMILES string of the molecule is COc1ccc(C(=O)Nc2cccc3c(=O)n(Cc4cccnc4)ccc23)cc1Cl. The average molecular weight is 420 g/mol. The molecule has 0 aliphatic rings. The Bertz CT molecular complexity index is 1290. The van der Waals surface area contributed by atoms with Gasteiger partial charge in [0.05, 0.1) is 18.7 Å². The molecule has 0 radical (unpaired) electrons. The van der Waals surface area contributed by atoms with E-state index >= 15 is 0 Å². The van der Waals surface area contributed by atoms with Crippen LogP contribution in [0.4, 0.5) is 5.69 Å². The number of benzene rings is 2. The summed E-state index contributed by atoms with van der Waals surface area (Å²) >= 11 is 6.12. The topological polar surface area (TPSA) is 73.2 Å². The van der Waals surface area contributed by atoms with Crippen LogP contribution in [-0.4, -0.2) is 22.6 Å². The fourth-order valence-electron chi connectivity index (χ4n) is 3.24. The minimum atomic E-state index is -0.327. The van der Waals surface area contributed by atoms with Crippen LogP contribution in [0.5, 0.6) is 5.75 Å². The molecule has 0 saturated heterocycles. The van der Waals surface area contributed by atoms with Crippen molar-refractivity contribution in [2.75, 3.05) is 12.4 Å². The van der Waals surface area contributed by atoms with Crippen molar-refractivity contribution in [1.82, 2.24) is 9.55 Å². The molecule has 1 N–H and O–H groups in total. The summed E-state index contributed by atoms with van der Waals surface area (Å²) in [5.74, 6) is 0.166. The molecule has 2 heterocycles. The summed E-state index contributed by atoms with van der Waals surface area (Å²) in [6.45, 7) is 0.420. The number of hydrogen-bond donors (Lipinski definition) is 1. The number of nitrogens with zero attached hydrogens (tertiary/aromatic N) is 2. The highest BCUT2D eigenvalue weighted by atomic mass is 35.5. The Morgan fingerprint density at radius 1 is 1.13 bits per heavy atom. The van der Waals surface area contributed by atoms with Gasteiger partial charge in [0.25, 0.3) is 11.5 Å². The van der Waals surface area contributed by atoms with Crippen molar-refractivity contribution in [3.63, 3.8) is 0 Å². The number of halogens is 1. The van der Waals surface area contributed by atoms with Gasteiger partial charge in [-0.25, -0.2) is 0 Å². The van der Waals surface area contributed by atoms with Crippen LogP contribution in [0, 0.1) is 0 Å². The lowest BCUT2D eigenvalue weighted by Crippen LogP contribution is -2.21.